The fourth-order valence-corrected chi connectivity index (χ4v) is 14.4. The number of benzene rings is 6. The van der Waals surface area contributed by atoms with E-state index in [9.17, 15) is 0 Å². The van der Waals surface area contributed by atoms with E-state index in [1.165, 1.54) is 55.8 Å². The maximum absolute atomic E-state index is 4.49. The Labute approximate surface area is 334 Å². The van der Waals surface area contributed by atoms with Gasteiger partial charge >= 0.3 is 27.7 Å². The van der Waals surface area contributed by atoms with Crippen LogP contribution in [0.15, 0.2) is 170 Å². The Morgan fingerprint density at radius 1 is 0.547 bits per heavy atom. The van der Waals surface area contributed by atoms with E-state index in [-0.39, 0.29) is 11.0 Å². The number of hydrogen-bond acceptors (Lipinski definition) is 2. The van der Waals surface area contributed by atoms with Gasteiger partial charge in [-0.1, -0.05) is 123 Å². The summed E-state index contributed by atoms with van der Waals surface area (Å²) in [7, 11) is 2.10. The molecule has 0 aromatic heterocycles. The predicted molar refractivity (Wildman–Crippen MR) is 230 cm³/mol. The molecule has 0 spiro atoms. The first-order chi connectivity index (χ1) is 25.9. The van der Waals surface area contributed by atoms with E-state index in [1.807, 2.05) is 0 Å². The van der Waals surface area contributed by atoms with Crippen LogP contribution in [0.3, 0.4) is 0 Å². The fourth-order valence-electron chi connectivity index (χ4n) is 8.87. The van der Waals surface area contributed by atoms with Crippen molar-refractivity contribution in [3.8, 4) is 0 Å². The minimum atomic E-state index is -1.20. The van der Waals surface area contributed by atoms with Crippen molar-refractivity contribution in [3.05, 3.63) is 188 Å². The summed E-state index contributed by atoms with van der Waals surface area (Å²) in [5.41, 5.74) is 3.07. The molecule has 1 saturated carbocycles. The first kappa shape index (κ1) is 38.3. The molecule has 53 heavy (non-hydrogen) atoms. The summed E-state index contributed by atoms with van der Waals surface area (Å²) in [5, 5.41) is 8.72. The van der Waals surface area contributed by atoms with Gasteiger partial charge in [-0.15, -0.1) is 0 Å². The molecule has 2 unspecified atom stereocenters. The molecule has 272 valence electrons. The third kappa shape index (κ3) is 7.79. The first-order valence-electron chi connectivity index (χ1n) is 18.6. The molecular weight excluding hydrogens is 796 g/mol. The van der Waals surface area contributed by atoms with Crippen molar-refractivity contribution in [2.75, 3.05) is 0 Å². The van der Waals surface area contributed by atoms with Crippen molar-refractivity contribution in [3.63, 3.8) is 0 Å². The summed E-state index contributed by atoms with van der Waals surface area (Å²) in [5.74, 6) is 0. The molecule has 1 aliphatic heterocycles. The van der Waals surface area contributed by atoms with Crippen molar-refractivity contribution < 1.29 is 18.2 Å². The van der Waals surface area contributed by atoms with Crippen LogP contribution >= 0.6 is 25.4 Å². The van der Waals surface area contributed by atoms with Gasteiger partial charge in [-0.05, 0) is 97.4 Å². The minimum absolute atomic E-state index is 0.0657. The second-order valence-electron chi connectivity index (χ2n) is 15.0. The number of fused-ring (bicyclic) bond motifs is 2. The zero-order valence-electron chi connectivity index (χ0n) is 30.7. The summed E-state index contributed by atoms with van der Waals surface area (Å²) in [6.07, 6.45) is 2.40. The summed E-state index contributed by atoms with van der Waals surface area (Å²) >= 11 is 2.22. The zero-order chi connectivity index (χ0) is 36.8. The molecule has 6 aromatic rings. The van der Waals surface area contributed by atoms with Crippen molar-refractivity contribution in [1.82, 2.24) is 9.80 Å². The van der Waals surface area contributed by atoms with Crippen molar-refractivity contribution in [1.29, 1.82) is 0 Å². The van der Waals surface area contributed by atoms with Crippen LogP contribution in [0.5, 0.6) is 0 Å². The maximum atomic E-state index is 4.49. The van der Waals surface area contributed by atoms with Gasteiger partial charge < -0.3 is 9.80 Å². The van der Waals surface area contributed by atoms with Crippen LogP contribution in [0.4, 0.5) is 0 Å². The van der Waals surface area contributed by atoms with Gasteiger partial charge in [-0.3, -0.25) is 0 Å². The zero-order valence-corrected chi connectivity index (χ0v) is 35.0. The Morgan fingerprint density at radius 3 is 1.32 bits per heavy atom. The Hall–Kier alpha value is -2.95. The van der Waals surface area contributed by atoms with Gasteiger partial charge in [0.15, 0.2) is 0 Å². The van der Waals surface area contributed by atoms with E-state index in [2.05, 4.69) is 235 Å². The van der Waals surface area contributed by atoms with Crippen molar-refractivity contribution in [2.45, 2.75) is 58.3 Å². The van der Waals surface area contributed by atoms with Crippen LogP contribution in [0.2, 0.25) is 0 Å². The van der Waals surface area contributed by atoms with Crippen LogP contribution in [0.1, 0.15) is 44.7 Å². The average Bonchev–Trinajstić information content (AvgIpc) is 3.35. The standard InChI is InChI=1S/C47H47N2P2.ClH.Pd/c1-46(2)45-32-33-47(46,3)49(35-38-21-17-19-31-44(38)51(41-26-12-6-13-27-41)42-28-14-7-15-29-42)36-48(45)34-37-20-16-18-30-43(37)50(39-22-8-4-9-23-39)40-24-10-5-11-25-40;;/h4-31,36,45H,32-35H2,1-3H3;1H;/q-1;;+2/p+1. The van der Waals surface area contributed by atoms with Gasteiger partial charge in [-0.25, -0.2) is 6.67 Å². The Kier molecular flexibility index (Phi) is 12.5. The molecule has 8 rings (SSSR count). The van der Waals surface area contributed by atoms with Crippen molar-refractivity contribution >= 4 is 57.2 Å². The summed E-state index contributed by atoms with van der Waals surface area (Å²) in [6, 6.07) is 63.8. The topological polar surface area (TPSA) is 6.48 Å². The molecule has 0 N–H and O–H groups in total. The molecule has 6 aromatic carbocycles. The van der Waals surface area contributed by atoms with E-state index in [0.717, 1.165) is 13.1 Å². The molecule has 0 amide bonds. The molecule has 6 heteroatoms. The molecule has 2 aliphatic rings. The number of rotatable bonds is 10. The fraction of sp³-hybridized carbons (Fsp3) is 0.213. The molecule has 0 radical (unpaired) electrons. The first-order valence-corrected chi connectivity index (χ1v) is 23.6. The monoisotopic (exact) mass is 844 g/mol. The predicted octanol–water partition coefficient (Wildman–Crippen LogP) is 8.74. The van der Waals surface area contributed by atoms with Gasteiger partial charge in [0.2, 0.25) is 0 Å². The second kappa shape index (κ2) is 17.2. The summed E-state index contributed by atoms with van der Waals surface area (Å²) < 4.78 is 0. The quantitative estimate of drug-likeness (QED) is 0.0774. The van der Waals surface area contributed by atoms with E-state index >= 15 is 0 Å². The van der Waals surface area contributed by atoms with Gasteiger partial charge in [0.25, 0.3) is 0 Å². The van der Waals surface area contributed by atoms with E-state index in [1.54, 1.807) is 0 Å². The molecule has 2 nitrogen and oxygen atoms in total. The molecule has 1 saturated heterocycles. The van der Waals surface area contributed by atoms with Gasteiger partial charge in [0, 0.05) is 24.2 Å². The average molecular weight is 846 g/mol. The van der Waals surface area contributed by atoms with Crippen molar-refractivity contribution in [2.24, 2.45) is 5.41 Å². The Bertz CT molecular complexity index is 1990. The third-order valence-electron chi connectivity index (χ3n) is 12.0. The van der Waals surface area contributed by atoms with Crippen LogP contribution in [-0.4, -0.2) is 21.4 Å². The van der Waals surface area contributed by atoms with Crippen LogP contribution in [0.25, 0.3) is 0 Å². The van der Waals surface area contributed by atoms with Crippen LogP contribution in [-0.2, 0) is 31.3 Å². The van der Waals surface area contributed by atoms with Gasteiger partial charge in [0.05, 0.1) is 15.8 Å². The molecule has 2 bridgehead atoms. The Morgan fingerprint density at radius 2 is 0.906 bits per heavy atom. The molecule has 2 fully saturated rings. The third-order valence-corrected chi connectivity index (χ3v) is 17.7. The van der Waals surface area contributed by atoms with Crippen LogP contribution < -0.4 is 31.8 Å². The molecular formula is C47H49ClN2P2Pd+2. The van der Waals surface area contributed by atoms with E-state index in [0.29, 0.717) is 6.04 Å². The van der Waals surface area contributed by atoms with E-state index in [4.69, 9.17) is 0 Å². The number of hydrogen-bond donors (Lipinski definition) is 0. The molecule has 2 atom stereocenters. The SMILES string of the molecule is CC1(C)C2CCC1(C)N(Cc1ccccc1[PH+](c1ccccc1)c1ccccc1)[CH-]N2Cc1ccccc1[PH+](c1ccccc1)c1ccccc1.[Cl][Pd+]. The number of halogens is 1. The van der Waals surface area contributed by atoms with Gasteiger partial charge in [0.1, 0.15) is 31.8 Å². The molecule has 1 aliphatic carbocycles. The second-order valence-corrected chi connectivity index (χ2v) is 19.9. The summed E-state index contributed by atoms with van der Waals surface area (Å²) in [6.45, 7) is 11.9. The van der Waals surface area contributed by atoms with E-state index < -0.39 is 15.8 Å². The molecule has 1 heterocycles. The number of nitrogens with zero attached hydrogens (tertiary/aromatic N) is 2. The normalized spacial score (nSPS) is 19.6. The van der Waals surface area contributed by atoms with Gasteiger partial charge in [-0.2, -0.15) is 0 Å². The summed E-state index contributed by atoms with van der Waals surface area (Å²) in [4.78, 5) is 5.44. The Balaban J connectivity index is 0.00000214. The van der Waals surface area contributed by atoms with Crippen LogP contribution in [0, 0.1) is 12.1 Å².